The molecule has 0 aliphatic heterocycles. The lowest BCUT2D eigenvalue weighted by Gasteiger charge is -2.39. The Labute approximate surface area is 120 Å². The number of aryl methyl sites for hydroxylation is 1. The van der Waals surface area contributed by atoms with Crippen molar-refractivity contribution in [3.8, 4) is 0 Å². The van der Waals surface area contributed by atoms with E-state index in [1.54, 1.807) is 19.1 Å². The van der Waals surface area contributed by atoms with Crippen LogP contribution in [0.4, 0.5) is 4.39 Å². The van der Waals surface area contributed by atoms with E-state index in [0.29, 0.717) is 17.7 Å². The molecule has 1 N–H and O–H groups in total. The minimum atomic E-state index is -2.19. The van der Waals surface area contributed by atoms with E-state index in [4.69, 9.17) is 11.6 Å². The fourth-order valence-corrected chi connectivity index (χ4v) is 4.25. The summed E-state index contributed by atoms with van der Waals surface area (Å²) in [6, 6.07) is 7.22. The lowest BCUT2D eigenvalue weighted by Crippen LogP contribution is -2.51. The van der Waals surface area contributed by atoms with Gasteiger partial charge in [0.25, 0.3) is 0 Å². The van der Waals surface area contributed by atoms with Crippen molar-refractivity contribution in [3.05, 3.63) is 29.8 Å². The molecule has 1 aromatic rings. The monoisotopic (exact) mass is 304 g/mol. The summed E-state index contributed by atoms with van der Waals surface area (Å²) in [5.41, 5.74) is 1.07. The molecular formula is C14H18ClFO2S. The summed E-state index contributed by atoms with van der Waals surface area (Å²) in [5, 5.41) is 7.21. The third-order valence-corrected chi connectivity index (χ3v) is 6.19. The van der Waals surface area contributed by atoms with Crippen LogP contribution in [0.2, 0.25) is 0 Å². The zero-order chi connectivity index (χ0) is 14.2. The number of hydrogen-bond donors (Lipinski definition) is 1. The first kappa shape index (κ1) is 14.9. The molecule has 106 valence electrons. The van der Waals surface area contributed by atoms with Gasteiger partial charge in [0.2, 0.25) is 5.13 Å². The van der Waals surface area contributed by atoms with Crippen LogP contribution in [-0.4, -0.2) is 25.8 Å². The number of rotatable bonds is 2. The Hall–Kier alpha value is -0.450. The van der Waals surface area contributed by atoms with Crippen LogP contribution < -0.4 is 0 Å². The van der Waals surface area contributed by atoms with Gasteiger partial charge in [-0.1, -0.05) is 36.2 Å². The molecule has 1 saturated carbocycles. The van der Waals surface area contributed by atoms with Gasteiger partial charge in [-0.3, -0.25) is 4.21 Å². The SMILES string of the molecule is Cc1ccc([S@](=O)[C@H]2CC[C@H](C)[C@](F)(Cl)[C@@H]2O)cc1. The molecule has 0 saturated heterocycles. The fourth-order valence-electron chi connectivity index (χ4n) is 2.38. The number of aliphatic hydroxyl groups excluding tert-OH is 1. The predicted octanol–water partition coefficient (Wildman–Crippen LogP) is 3.17. The molecule has 0 unspecified atom stereocenters. The second-order valence-electron chi connectivity index (χ2n) is 5.25. The van der Waals surface area contributed by atoms with Crippen LogP contribution in [-0.2, 0) is 10.8 Å². The molecule has 2 nitrogen and oxygen atoms in total. The first-order chi connectivity index (χ1) is 8.84. The van der Waals surface area contributed by atoms with E-state index < -0.39 is 33.2 Å². The van der Waals surface area contributed by atoms with Crippen LogP contribution in [0.1, 0.15) is 25.3 Å². The number of aliphatic hydroxyl groups is 1. The number of alkyl halides is 2. The predicted molar refractivity (Wildman–Crippen MR) is 75.5 cm³/mol. The van der Waals surface area contributed by atoms with Crippen molar-refractivity contribution in [1.82, 2.24) is 0 Å². The normalized spacial score (nSPS) is 37.0. The molecular weight excluding hydrogens is 287 g/mol. The van der Waals surface area contributed by atoms with E-state index >= 15 is 0 Å². The summed E-state index contributed by atoms with van der Waals surface area (Å²) >= 11 is 5.77. The van der Waals surface area contributed by atoms with E-state index in [2.05, 4.69) is 0 Å². The summed E-state index contributed by atoms with van der Waals surface area (Å²) in [4.78, 5) is 0.608. The highest BCUT2D eigenvalue weighted by Crippen LogP contribution is 2.42. The van der Waals surface area contributed by atoms with Crippen molar-refractivity contribution in [2.75, 3.05) is 0 Å². The minimum absolute atomic E-state index is 0.435. The van der Waals surface area contributed by atoms with Crippen LogP contribution in [0.15, 0.2) is 29.2 Å². The highest BCUT2D eigenvalue weighted by atomic mass is 35.5. The van der Waals surface area contributed by atoms with Crippen molar-refractivity contribution in [2.24, 2.45) is 5.92 Å². The quantitative estimate of drug-likeness (QED) is 0.852. The first-order valence-corrected chi connectivity index (χ1v) is 7.96. The van der Waals surface area contributed by atoms with Crippen molar-refractivity contribution < 1.29 is 13.7 Å². The lowest BCUT2D eigenvalue weighted by molar-refractivity contribution is -0.0125. The lowest BCUT2D eigenvalue weighted by atomic mass is 9.86. The van der Waals surface area contributed by atoms with Crippen LogP contribution in [0.3, 0.4) is 0 Å². The third kappa shape index (κ3) is 2.86. The number of benzene rings is 1. The largest absolute Gasteiger partial charge is 0.387 e. The third-order valence-electron chi connectivity index (χ3n) is 3.82. The van der Waals surface area contributed by atoms with Gasteiger partial charge in [0, 0.05) is 10.8 Å². The zero-order valence-electron chi connectivity index (χ0n) is 11.0. The van der Waals surface area contributed by atoms with Crippen LogP contribution in [0, 0.1) is 12.8 Å². The maximum atomic E-state index is 14.2. The summed E-state index contributed by atoms with van der Waals surface area (Å²) in [7, 11) is -1.44. The van der Waals surface area contributed by atoms with Gasteiger partial charge in [-0.2, -0.15) is 0 Å². The first-order valence-electron chi connectivity index (χ1n) is 6.37. The Bertz CT molecular complexity index is 475. The van der Waals surface area contributed by atoms with Crippen molar-refractivity contribution >= 4 is 22.4 Å². The van der Waals surface area contributed by atoms with Crippen LogP contribution >= 0.6 is 11.6 Å². The summed E-state index contributed by atoms with van der Waals surface area (Å²) in [6.45, 7) is 3.61. The van der Waals surface area contributed by atoms with Gasteiger partial charge in [0.1, 0.15) is 6.10 Å². The molecule has 0 spiro atoms. The molecule has 1 aromatic carbocycles. The Morgan fingerprint density at radius 3 is 2.53 bits per heavy atom. The Morgan fingerprint density at radius 1 is 1.37 bits per heavy atom. The molecule has 5 atom stereocenters. The minimum Gasteiger partial charge on any atom is -0.387 e. The number of halogens is 2. The maximum absolute atomic E-state index is 14.2. The van der Waals surface area contributed by atoms with Crippen LogP contribution in [0.25, 0.3) is 0 Å². The highest BCUT2D eigenvalue weighted by Gasteiger charge is 2.50. The van der Waals surface area contributed by atoms with Crippen molar-refractivity contribution in [2.45, 2.75) is 48.1 Å². The Balaban J connectivity index is 2.22. The molecule has 1 fully saturated rings. The summed E-state index contributed by atoms with van der Waals surface area (Å²) in [6.07, 6.45) is -0.361. The van der Waals surface area contributed by atoms with E-state index in [-0.39, 0.29) is 0 Å². The average Bonchev–Trinajstić information content (AvgIpc) is 2.37. The number of hydrogen-bond acceptors (Lipinski definition) is 2. The molecule has 0 amide bonds. The second-order valence-corrected chi connectivity index (χ2v) is 7.50. The molecule has 1 aliphatic rings. The standard InChI is InChI=1S/C14H18ClFO2S/c1-9-3-6-11(7-4-9)19(18)12-8-5-10(2)14(15,16)13(12)17/h3-4,6-7,10,12-13,17H,5,8H2,1-2H3/t10-,12-,13+,14+,19-/m0/s1. The maximum Gasteiger partial charge on any atom is 0.212 e. The molecule has 0 heterocycles. The van der Waals surface area contributed by atoms with E-state index in [9.17, 15) is 13.7 Å². The Kier molecular flexibility index (Phi) is 4.33. The van der Waals surface area contributed by atoms with Gasteiger partial charge in [0.05, 0.1) is 16.0 Å². The van der Waals surface area contributed by atoms with Gasteiger partial charge >= 0.3 is 0 Å². The van der Waals surface area contributed by atoms with E-state index in [1.165, 1.54) is 0 Å². The van der Waals surface area contributed by atoms with Gasteiger partial charge in [-0.25, -0.2) is 4.39 Å². The average molecular weight is 305 g/mol. The molecule has 0 aromatic heterocycles. The molecule has 19 heavy (non-hydrogen) atoms. The van der Waals surface area contributed by atoms with Gasteiger partial charge in [-0.05, 0) is 31.9 Å². The molecule has 2 rings (SSSR count). The fraction of sp³-hybridized carbons (Fsp3) is 0.571. The van der Waals surface area contributed by atoms with Gasteiger partial charge in [0.15, 0.2) is 0 Å². The van der Waals surface area contributed by atoms with E-state index in [1.807, 2.05) is 19.1 Å². The zero-order valence-corrected chi connectivity index (χ0v) is 12.5. The summed E-state index contributed by atoms with van der Waals surface area (Å²) < 4.78 is 26.7. The van der Waals surface area contributed by atoms with Crippen molar-refractivity contribution in [1.29, 1.82) is 0 Å². The van der Waals surface area contributed by atoms with Gasteiger partial charge in [-0.15, -0.1) is 0 Å². The molecule has 0 bridgehead atoms. The highest BCUT2D eigenvalue weighted by molar-refractivity contribution is 7.85. The molecule has 1 aliphatic carbocycles. The Morgan fingerprint density at radius 2 is 1.95 bits per heavy atom. The van der Waals surface area contributed by atoms with Crippen molar-refractivity contribution in [3.63, 3.8) is 0 Å². The summed E-state index contributed by atoms with van der Waals surface area (Å²) in [5.74, 6) is -0.435. The molecule has 0 radical (unpaired) electrons. The second kappa shape index (κ2) is 5.51. The van der Waals surface area contributed by atoms with E-state index in [0.717, 1.165) is 5.56 Å². The van der Waals surface area contributed by atoms with Gasteiger partial charge < -0.3 is 5.11 Å². The van der Waals surface area contributed by atoms with Crippen LogP contribution in [0.5, 0.6) is 0 Å². The molecule has 5 heteroatoms. The topological polar surface area (TPSA) is 37.3 Å². The smallest absolute Gasteiger partial charge is 0.212 e.